The number of benzene rings is 2. The van der Waals surface area contributed by atoms with Crippen LogP contribution in [-0.4, -0.2) is 71.0 Å². The van der Waals surface area contributed by atoms with E-state index in [2.05, 4.69) is 59.8 Å². The van der Waals surface area contributed by atoms with Gasteiger partial charge in [0.25, 0.3) is 0 Å². The number of hydrogen-bond donors (Lipinski definition) is 2. The number of fused-ring (bicyclic) bond motifs is 1. The van der Waals surface area contributed by atoms with Crippen molar-refractivity contribution in [2.24, 2.45) is 0 Å². The summed E-state index contributed by atoms with van der Waals surface area (Å²) in [6.07, 6.45) is -1.34. The van der Waals surface area contributed by atoms with Gasteiger partial charge in [-0.15, -0.1) is 0 Å². The predicted octanol–water partition coefficient (Wildman–Crippen LogP) is 6.38. The van der Waals surface area contributed by atoms with E-state index in [4.69, 9.17) is 35.8 Å². The van der Waals surface area contributed by atoms with E-state index in [1.165, 1.54) is 0 Å². The van der Waals surface area contributed by atoms with Crippen molar-refractivity contribution in [2.45, 2.75) is 57.1 Å². The summed E-state index contributed by atoms with van der Waals surface area (Å²) in [4.78, 5) is 9.65. The molecule has 3 atom stereocenters. The molecule has 1 saturated heterocycles. The fourth-order valence-electron chi connectivity index (χ4n) is 4.65. The Morgan fingerprint density at radius 3 is 2.39 bits per heavy atom. The molecule has 2 aromatic heterocycles. The highest BCUT2D eigenvalue weighted by atomic mass is 79.9. The maximum absolute atomic E-state index is 9.99. The fourth-order valence-corrected chi connectivity index (χ4v) is 5.93. The SMILES string of the molecule is C[Si](C)(C)CCOCn1c(OC2COC(C(O)CO)C2)nc2cc(Cl)c(-c3ccc(-c4ccc(Br)cc4)cc3)nc21. The van der Waals surface area contributed by atoms with Crippen LogP contribution in [0.25, 0.3) is 33.5 Å². The topological polar surface area (TPSA) is 98.9 Å². The van der Waals surface area contributed by atoms with Gasteiger partial charge in [-0.2, -0.15) is 4.98 Å². The number of aromatic nitrogens is 3. The third-order valence-corrected chi connectivity index (χ3v) is 9.59. The lowest BCUT2D eigenvalue weighted by atomic mass is 10.0. The van der Waals surface area contributed by atoms with Gasteiger partial charge < -0.3 is 24.4 Å². The largest absolute Gasteiger partial charge is 0.459 e. The van der Waals surface area contributed by atoms with Crippen LogP contribution in [0.3, 0.4) is 0 Å². The molecule has 2 aromatic carbocycles. The molecule has 1 aliphatic rings. The summed E-state index contributed by atoms with van der Waals surface area (Å²) in [5.41, 5.74) is 4.95. The monoisotopic (exact) mass is 659 g/mol. The van der Waals surface area contributed by atoms with Gasteiger partial charge >= 0.3 is 6.01 Å². The summed E-state index contributed by atoms with van der Waals surface area (Å²) in [6.45, 7) is 7.71. The van der Waals surface area contributed by atoms with E-state index in [9.17, 15) is 10.2 Å². The highest BCUT2D eigenvalue weighted by Crippen LogP contribution is 2.33. The number of pyridine rings is 1. The Balaban J connectivity index is 1.44. The molecule has 4 aromatic rings. The average molecular weight is 661 g/mol. The molecule has 11 heteroatoms. The molecule has 0 amide bonds. The van der Waals surface area contributed by atoms with Crippen LogP contribution in [0.1, 0.15) is 6.42 Å². The molecule has 0 spiro atoms. The summed E-state index contributed by atoms with van der Waals surface area (Å²) in [5.74, 6) is 0. The number of aliphatic hydroxyl groups is 2. The van der Waals surface area contributed by atoms with Gasteiger partial charge in [-0.25, -0.2) is 4.98 Å². The second-order valence-electron chi connectivity index (χ2n) is 11.5. The predicted molar refractivity (Wildman–Crippen MR) is 167 cm³/mol. The Morgan fingerprint density at radius 1 is 1.07 bits per heavy atom. The Bertz CT molecular complexity index is 1480. The third kappa shape index (κ3) is 7.37. The Hall–Kier alpha value is -2.31. The van der Waals surface area contributed by atoms with Crippen molar-refractivity contribution in [1.29, 1.82) is 0 Å². The van der Waals surface area contributed by atoms with Crippen LogP contribution < -0.4 is 4.74 Å². The van der Waals surface area contributed by atoms with Crippen molar-refractivity contribution in [2.75, 3.05) is 19.8 Å². The molecule has 5 rings (SSSR count). The minimum atomic E-state index is -1.27. The molecule has 0 radical (unpaired) electrons. The molecule has 1 fully saturated rings. The van der Waals surface area contributed by atoms with Crippen LogP contribution in [-0.2, 0) is 16.2 Å². The van der Waals surface area contributed by atoms with Gasteiger partial charge in [0.05, 0.1) is 30.0 Å². The zero-order valence-corrected chi connectivity index (χ0v) is 26.7. The molecule has 3 unspecified atom stereocenters. The van der Waals surface area contributed by atoms with Crippen LogP contribution in [0, 0.1) is 0 Å². The molecule has 8 nitrogen and oxygen atoms in total. The number of nitrogens with zero attached hydrogens (tertiary/aromatic N) is 3. The molecule has 41 heavy (non-hydrogen) atoms. The maximum Gasteiger partial charge on any atom is 0.300 e. The average Bonchev–Trinajstić information content (AvgIpc) is 3.54. The molecule has 0 aliphatic carbocycles. The van der Waals surface area contributed by atoms with Crippen molar-refractivity contribution in [3.05, 3.63) is 64.1 Å². The second-order valence-corrected chi connectivity index (χ2v) is 18.5. The minimum Gasteiger partial charge on any atom is -0.459 e. The normalized spacial score (nSPS) is 18.2. The summed E-state index contributed by atoms with van der Waals surface area (Å²) < 4.78 is 20.8. The lowest BCUT2D eigenvalue weighted by Crippen LogP contribution is -2.29. The van der Waals surface area contributed by atoms with Gasteiger partial charge in [0.15, 0.2) is 5.65 Å². The molecular formula is C30H35BrClN3O5Si. The number of rotatable bonds is 11. The first-order valence-electron chi connectivity index (χ1n) is 13.7. The lowest BCUT2D eigenvalue weighted by Gasteiger charge is -2.17. The summed E-state index contributed by atoms with van der Waals surface area (Å²) in [5, 5.41) is 19.8. The van der Waals surface area contributed by atoms with Crippen LogP contribution in [0.5, 0.6) is 6.01 Å². The zero-order chi connectivity index (χ0) is 29.1. The van der Waals surface area contributed by atoms with E-state index in [1.807, 2.05) is 28.8 Å². The summed E-state index contributed by atoms with van der Waals surface area (Å²) >= 11 is 10.2. The minimum absolute atomic E-state index is 0.225. The fraction of sp³-hybridized carbons (Fsp3) is 0.400. The third-order valence-electron chi connectivity index (χ3n) is 7.07. The van der Waals surface area contributed by atoms with E-state index < -0.39 is 20.3 Å². The smallest absolute Gasteiger partial charge is 0.300 e. The van der Waals surface area contributed by atoms with Gasteiger partial charge in [0, 0.05) is 31.1 Å². The van der Waals surface area contributed by atoms with Crippen molar-refractivity contribution < 1.29 is 24.4 Å². The van der Waals surface area contributed by atoms with Crippen LogP contribution in [0.2, 0.25) is 30.7 Å². The molecular weight excluding hydrogens is 626 g/mol. The van der Waals surface area contributed by atoms with Crippen molar-refractivity contribution in [3.8, 4) is 28.4 Å². The van der Waals surface area contributed by atoms with Crippen molar-refractivity contribution >= 4 is 46.8 Å². The molecule has 0 bridgehead atoms. The van der Waals surface area contributed by atoms with Gasteiger partial charge in [0.2, 0.25) is 0 Å². The molecule has 3 heterocycles. The van der Waals surface area contributed by atoms with Gasteiger partial charge in [-0.05, 0) is 35.4 Å². The number of aliphatic hydroxyl groups excluding tert-OH is 2. The highest BCUT2D eigenvalue weighted by Gasteiger charge is 2.33. The Kier molecular flexibility index (Phi) is 9.49. The van der Waals surface area contributed by atoms with E-state index in [1.54, 1.807) is 6.07 Å². The number of hydrogen-bond acceptors (Lipinski definition) is 7. The summed E-state index contributed by atoms with van der Waals surface area (Å²) in [6, 6.07) is 19.5. The molecule has 1 aliphatic heterocycles. The van der Waals surface area contributed by atoms with Crippen LogP contribution in [0.15, 0.2) is 59.1 Å². The van der Waals surface area contributed by atoms with Crippen LogP contribution >= 0.6 is 27.5 Å². The molecule has 0 saturated carbocycles. The first-order valence-corrected chi connectivity index (χ1v) is 18.6. The van der Waals surface area contributed by atoms with E-state index in [-0.39, 0.29) is 26.0 Å². The zero-order valence-electron chi connectivity index (χ0n) is 23.4. The van der Waals surface area contributed by atoms with Crippen molar-refractivity contribution in [1.82, 2.24) is 14.5 Å². The number of imidazole rings is 1. The second kappa shape index (κ2) is 12.9. The first-order chi connectivity index (χ1) is 19.6. The number of halogens is 2. The first kappa shape index (κ1) is 30.2. The Morgan fingerprint density at radius 2 is 1.73 bits per heavy atom. The Labute approximate surface area is 254 Å². The molecule has 2 N–H and O–H groups in total. The number of ether oxygens (including phenoxy) is 3. The van der Waals surface area contributed by atoms with Crippen LogP contribution in [0.4, 0.5) is 0 Å². The summed E-state index contributed by atoms with van der Waals surface area (Å²) in [7, 11) is -1.27. The quantitative estimate of drug-likeness (QED) is 0.142. The van der Waals surface area contributed by atoms with Crippen molar-refractivity contribution in [3.63, 3.8) is 0 Å². The highest BCUT2D eigenvalue weighted by molar-refractivity contribution is 9.10. The van der Waals surface area contributed by atoms with Gasteiger partial charge in [-0.1, -0.05) is 83.6 Å². The van der Waals surface area contributed by atoms with E-state index in [0.29, 0.717) is 40.9 Å². The standard InChI is InChI=1S/C30H35BrClN3O5Si/c1-41(2,3)13-12-38-18-35-29-25(33-30(35)40-23-14-27(39-17-23)26(37)16-36)15-24(32)28(34-29)21-6-4-19(5-7-21)20-8-10-22(31)11-9-20/h4-11,15,23,26-27,36-37H,12-14,16-18H2,1-3H3. The van der Waals surface area contributed by atoms with Gasteiger partial charge in [0.1, 0.15) is 24.5 Å². The maximum atomic E-state index is 9.99. The van der Waals surface area contributed by atoms with E-state index in [0.717, 1.165) is 27.2 Å². The molecule has 218 valence electrons. The van der Waals surface area contributed by atoms with Gasteiger partial charge in [-0.3, -0.25) is 4.57 Å². The van der Waals surface area contributed by atoms with E-state index >= 15 is 0 Å². The lowest BCUT2D eigenvalue weighted by molar-refractivity contribution is -0.0290.